The lowest BCUT2D eigenvalue weighted by Crippen LogP contribution is -2.18. The lowest BCUT2D eigenvalue weighted by Gasteiger charge is -2.19. The van der Waals surface area contributed by atoms with Gasteiger partial charge in [0, 0.05) is 9.50 Å². The highest BCUT2D eigenvalue weighted by atomic mass is 79.9. The summed E-state index contributed by atoms with van der Waals surface area (Å²) in [6.45, 7) is 0. The zero-order valence-electron chi connectivity index (χ0n) is 11.2. The van der Waals surface area contributed by atoms with Crippen molar-refractivity contribution < 1.29 is 0 Å². The first-order valence-electron chi connectivity index (χ1n) is 6.42. The van der Waals surface area contributed by atoms with Gasteiger partial charge >= 0.3 is 5.69 Å². The maximum absolute atomic E-state index is 11.4. The molecule has 3 rings (SSSR count). The van der Waals surface area contributed by atoms with E-state index < -0.39 is 0 Å². The molecule has 0 saturated carbocycles. The molecule has 1 unspecified atom stereocenters. The molecule has 0 fully saturated rings. The van der Waals surface area contributed by atoms with E-state index in [4.69, 9.17) is 11.6 Å². The van der Waals surface area contributed by atoms with Crippen LogP contribution in [0.15, 0.2) is 45.7 Å². The Bertz CT molecular complexity index is 855. The van der Waals surface area contributed by atoms with Gasteiger partial charge in [-0.25, -0.2) is 4.79 Å². The number of nitrogens with one attached hydrogen (secondary N) is 3. The number of halogens is 2. The van der Waals surface area contributed by atoms with Crippen molar-refractivity contribution in [2.45, 2.75) is 6.04 Å². The molecule has 21 heavy (non-hydrogen) atoms. The van der Waals surface area contributed by atoms with Crippen molar-refractivity contribution in [3.8, 4) is 0 Å². The van der Waals surface area contributed by atoms with E-state index in [0.29, 0.717) is 5.02 Å². The summed E-state index contributed by atoms with van der Waals surface area (Å²) in [6, 6.07) is 11.5. The monoisotopic (exact) mass is 365 g/mol. The van der Waals surface area contributed by atoms with Gasteiger partial charge in [-0.05, 0) is 48.5 Å². The fourth-order valence-corrected chi connectivity index (χ4v) is 3.12. The summed E-state index contributed by atoms with van der Waals surface area (Å²) in [6.07, 6.45) is 0. The first-order valence-corrected chi connectivity index (χ1v) is 7.60. The first kappa shape index (κ1) is 14.4. The van der Waals surface area contributed by atoms with Crippen LogP contribution in [0.3, 0.4) is 0 Å². The minimum absolute atomic E-state index is 0.0270. The second kappa shape index (κ2) is 5.67. The van der Waals surface area contributed by atoms with Gasteiger partial charge in [0.25, 0.3) is 0 Å². The normalized spacial score (nSPS) is 12.7. The lowest BCUT2D eigenvalue weighted by molar-refractivity contribution is 0.690. The Hall–Kier alpha value is -1.56. The molecule has 2 aromatic carbocycles. The van der Waals surface area contributed by atoms with Crippen LogP contribution >= 0.6 is 27.5 Å². The van der Waals surface area contributed by atoms with E-state index in [-0.39, 0.29) is 11.7 Å². The smallest absolute Gasteiger partial charge is 0.309 e. The number of imidazole rings is 1. The largest absolute Gasteiger partial charge is 0.323 e. The van der Waals surface area contributed by atoms with Gasteiger partial charge < -0.3 is 15.3 Å². The number of rotatable bonds is 3. The van der Waals surface area contributed by atoms with Crippen molar-refractivity contribution >= 4 is 38.6 Å². The topological polar surface area (TPSA) is 60.7 Å². The summed E-state index contributed by atoms with van der Waals surface area (Å²) in [5.74, 6) is 0. The van der Waals surface area contributed by atoms with Crippen LogP contribution in [0.4, 0.5) is 0 Å². The summed E-state index contributed by atoms with van der Waals surface area (Å²) in [5.41, 5.74) is 3.47. The second-order valence-electron chi connectivity index (χ2n) is 4.77. The number of benzene rings is 2. The van der Waals surface area contributed by atoms with Crippen LogP contribution in [0.1, 0.15) is 17.2 Å². The Morgan fingerprint density at radius 1 is 1.14 bits per heavy atom. The summed E-state index contributed by atoms with van der Waals surface area (Å²) < 4.78 is 0.980. The number of fused-ring (bicyclic) bond motifs is 1. The molecule has 0 radical (unpaired) electrons. The molecule has 1 aromatic heterocycles. The van der Waals surface area contributed by atoms with E-state index >= 15 is 0 Å². The molecule has 108 valence electrons. The average molecular weight is 367 g/mol. The Kier molecular flexibility index (Phi) is 3.89. The summed E-state index contributed by atoms with van der Waals surface area (Å²) in [7, 11) is 1.89. The molecule has 3 N–H and O–H groups in total. The van der Waals surface area contributed by atoms with Gasteiger partial charge in [-0.1, -0.05) is 33.6 Å². The van der Waals surface area contributed by atoms with E-state index in [1.165, 1.54) is 0 Å². The molecule has 3 aromatic rings. The van der Waals surface area contributed by atoms with E-state index in [0.717, 1.165) is 26.6 Å². The Morgan fingerprint density at radius 3 is 2.67 bits per heavy atom. The fraction of sp³-hybridized carbons (Fsp3) is 0.133. The van der Waals surface area contributed by atoms with Crippen LogP contribution < -0.4 is 11.0 Å². The lowest BCUT2D eigenvalue weighted by atomic mass is 9.98. The predicted molar refractivity (Wildman–Crippen MR) is 89.0 cm³/mol. The van der Waals surface area contributed by atoms with E-state index in [9.17, 15) is 4.79 Å². The average Bonchev–Trinajstić information content (AvgIpc) is 2.83. The van der Waals surface area contributed by atoms with Crippen molar-refractivity contribution in [1.82, 2.24) is 15.3 Å². The molecule has 0 aliphatic carbocycles. The van der Waals surface area contributed by atoms with E-state index in [2.05, 4.69) is 31.2 Å². The number of aromatic amines is 2. The molecule has 4 nitrogen and oxygen atoms in total. The zero-order valence-corrected chi connectivity index (χ0v) is 13.5. The fourth-order valence-electron chi connectivity index (χ4n) is 2.47. The molecule has 0 amide bonds. The third kappa shape index (κ3) is 2.77. The molecule has 0 saturated heterocycles. The summed E-state index contributed by atoms with van der Waals surface area (Å²) >= 11 is 9.66. The van der Waals surface area contributed by atoms with Crippen LogP contribution in [-0.4, -0.2) is 17.0 Å². The number of hydrogen-bond donors (Lipinski definition) is 3. The van der Waals surface area contributed by atoms with Gasteiger partial charge in [0.2, 0.25) is 0 Å². The van der Waals surface area contributed by atoms with Crippen molar-refractivity contribution in [2.75, 3.05) is 7.05 Å². The van der Waals surface area contributed by atoms with Crippen molar-refractivity contribution in [2.24, 2.45) is 0 Å². The van der Waals surface area contributed by atoms with Gasteiger partial charge in [-0.2, -0.15) is 0 Å². The quantitative estimate of drug-likeness (QED) is 0.663. The molecule has 0 aliphatic rings. The number of hydrogen-bond acceptors (Lipinski definition) is 2. The van der Waals surface area contributed by atoms with Crippen molar-refractivity contribution in [3.63, 3.8) is 0 Å². The SMILES string of the molecule is CNC(c1ccc2[nH]c(=O)[nH]c2c1)c1cc(Cl)ccc1Br. The highest BCUT2D eigenvalue weighted by molar-refractivity contribution is 9.10. The minimum Gasteiger partial charge on any atom is -0.309 e. The molecule has 1 heterocycles. The summed E-state index contributed by atoms with van der Waals surface area (Å²) in [5, 5.41) is 3.97. The van der Waals surface area contributed by atoms with Gasteiger partial charge in [0.1, 0.15) is 0 Å². The van der Waals surface area contributed by atoms with Gasteiger partial charge in [-0.15, -0.1) is 0 Å². The highest BCUT2D eigenvalue weighted by Gasteiger charge is 2.16. The van der Waals surface area contributed by atoms with Crippen LogP contribution in [0.2, 0.25) is 5.02 Å². The van der Waals surface area contributed by atoms with Crippen LogP contribution in [0, 0.1) is 0 Å². The Morgan fingerprint density at radius 2 is 1.90 bits per heavy atom. The zero-order chi connectivity index (χ0) is 15.0. The highest BCUT2D eigenvalue weighted by Crippen LogP contribution is 2.31. The molecular weight excluding hydrogens is 354 g/mol. The Labute approximate surface area is 134 Å². The van der Waals surface area contributed by atoms with Gasteiger partial charge in [0.05, 0.1) is 17.1 Å². The van der Waals surface area contributed by atoms with E-state index in [1.54, 1.807) is 0 Å². The molecule has 6 heteroatoms. The first-order chi connectivity index (χ1) is 10.1. The number of H-pyrrole nitrogens is 2. The molecular formula is C15H13BrClN3O. The molecule has 1 atom stereocenters. The Balaban J connectivity index is 2.12. The third-order valence-electron chi connectivity index (χ3n) is 3.43. The van der Waals surface area contributed by atoms with E-state index in [1.807, 2.05) is 43.4 Å². The van der Waals surface area contributed by atoms with Crippen LogP contribution in [0.5, 0.6) is 0 Å². The van der Waals surface area contributed by atoms with Crippen molar-refractivity contribution in [1.29, 1.82) is 0 Å². The molecule has 0 spiro atoms. The second-order valence-corrected chi connectivity index (χ2v) is 6.06. The molecule has 0 aliphatic heterocycles. The maximum atomic E-state index is 11.4. The standard InChI is InChI=1S/C15H13BrClN3O/c1-18-14(10-7-9(17)3-4-11(10)16)8-2-5-12-13(6-8)20-15(21)19-12/h2-7,14,18H,1H3,(H2,19,20,21). The maximum Gasteiger partial charge on any atom is 0.323 e. The summed E-state index contributed by atoms with van der Waals surface area (Å²) in [4.78, 5) is 16.9. The van der Waals surface area contributed by atoms with Crippen LogP contribution in [0.25, 0.3) is 11.0 Å². The molecule has 0 bridgehead atoms. The minimum atomic E-state index is -0.202. The number of aromatic nitrogens is 2. The van der Waals surface area contributed by atoms with Crippen molar-refractivity contribution in [3.05, 3.63) is 67.5 Å². The van der Waals surface area contributed by atoms with Gasteiger partial charge in [0.15, 0.2) is 0 Å². The predicted octanol–water partition coefficient (Wildman–Crippen LogP) is 3.58. The van der Waals surface area contributed by atoms with Crippen LogP contribution in [-0.2, 0) is 0 Å². The third-order valence-corrected chi connectivity index (χ3v) is 4.39. The van der Waals surface area contributed by atoms with Gasteiger partial charge in [-0.3, -0.25) is 0 Å².